The number of nitrogens with two attached hydrogens (primary N) is 1. The number of carbonyl (C=O) groups is 1. The third-order valence-electron chi connectivity index (χ3n) is 2.68. The van der Waals surface area contributed by atoms with E-state index in [1.165, 1.54) is 0 Å². The van der Waals surface area contributed by atoms with Gasteiger partial charge in [0.1, 0.15) is 5.75 Å². The van der Waals surface area contributed by atoms with E-state index in [0.717, 1.165) is 0 Å². The smallest absolute Gasteiger partial charge is 0.241 e. The second kappa shape index (κ2) is 4.75. The van der Waals surface area contributed by atoms with Crippen LogP contribution in [0, 0.1) is 12.3 Å². The SMILES string of the molecule is Cc1cc(NC(=O)[C@@H](N)C(C)(C)C)ccc1O. The van der Waals surface area contributed by atoms with E-state index in [2.05, 4.69) is 5.32 Å². The fraction of sp³-hybridized carbons (Fsp3) is 0.462. The zero-order valence-corrected chi connectivity index (χ0v) is 10.7. The van der Waals surface area contributed by atoms with Crippen molar-refractivity contribution in [2.75, 3.05) is 5.32 Å². The molecule has 1 aromatic carbocycles. The monoisotopic (exact) mass is 236 g/mol. The molecule has 1 aromatic rings. The van der Waals surface area contributed by atoms with Crippen LogP contribution in [0.15, 0.2) is 18.2 Å². The second-order valence-corrected chi connectivity index (χ2v) is 5.33. The zero-order valence-electron chi connectivity index (χ0n) is 10.7. The van der Waals surface area contributed by atoms with Crippen molar-refractivity contribution in [1.82, 2.24) is 0 Å². The average molecular weight is 236 g/mol. The van der Waals surface area contributed by atoms with Crippen molar-refractivity contribution in [2.24, 2.45) is 11.1 Å². The number of amides is 1. The summed E-state index contributed by atoms with van der Waals surface area (Å²) in [5, 5.41) is 12.1. The van der Waals surface area contributed by atoms with Crippen molar-refractivity contribution >= 4 is 11.6 Å². The Labute approximate surface area is 102 Å². The molecule has 0 fully saturated rings. The van der Waals surface area contributed by atoms with Gasteiger partial charge in [-0.2, -0.15) is 0 Å². The normalized spacial score (nSPS) is 13.2. The molecule has 0 heterocycles. The fourth-order valence-corrected chi connectivity index (χ4v) is 1.35. The second-order valence-electron chi connectivity index (χ2n) is 5.33. The Bertz CT molecular complexity index is 422. The van der Waals surface area contributed by atoms with Gasteiger partial charge in [0.15, 0.2) is 0 Å². The first-order valence-corrected chi connectivity index (χ1v) is 5.58. The molecule has 0 spiro atoms. The zero-order chi connectivity index (χ0) is 13.2. The summed E-state index contributed by atoms with van der Waals surface area (Å²) in [6.07, 6.45) is 0. The van der Waals surface area contributed by atoms with E-state index < -0.39 is 6.04 Å². The molecule has 1 atom stereocenters. The summed E-state index contributed by atoms with van der Waals surface area (Å²) >= 11 is 0. The van der Waals surface area contributed by atoms with Gasteiger partial charge in [0.25, 0.3) is 0 Å². The van der Waals surface area contributed by atoms with Gasteiger partial charge in [-0.25, -0.2) is 0 Å². The summed E-state index contributed by atoms with van der Waals surface area (Å²) < 4.78 is 0. The predicted molar refractivity (Wildman–Crippen MR) is 68.9 cm³/mol. The summed E-state index contributed by atoms with van der Waals surface area (Å²) in [6.45, 7) is 7.52. The molecule has 0 saturated heterocycles. The van der Waals surface area contributed by atoms with Crippen molar-refractivity contribution in [2.45, 2.75) is 33.7 Å². The van der Waals surface area contributed by atoms with Gasteiger partial charge in [0.05, 0.1) is 6.04 Å². The lowest BCUT2D eigenvalue weighted by molar-refractivity contribution is -0.119. The van der Waals surface area contributed by atoms with E-state index in [9.17, 15) is 9.90 Å². The molecule has 0 radical (unpaired) electrons. The largest absolute Gasteiger partial charge is 0.508 e. The Kier molecular flexibility index (Phi) is 3.78. The number of carbonyl (C=O) groups excluding carboxylic acids is 1. The molecule has 4 N–H and O–H groups in total. The number of phenols is 1. The third kappa shape index (κ3) is 3.46. The van der Waals surface area contributed by atoms with Gasteiger partial charge in [-0.15, -0.1) is 0 Å². The van der Waals surface area contributed by atoms with Crippen molar-refractivity contribution in [3.63, 3.8) is 0 Å². The minimum atomic E-state index is -0.573. The number of hydrogen-bond acceptors (Lipinski definition) is 3. The lowest BCUT2D eigenvalue weighted by atomic mass is 9.87. The first-order chi connectivity index (χ1) is 7.71. The predicted octanol–water partition coefficient (Wildman–Crippen LogP) is 2.01. The topological polar surface area (TPSA) is 75.4 Å². The molecule has 4 heteroatoms. The van der Waals surface area contributed by atoms with E-state index in [1.54, 1.807) is 25.1 Å². The first-order valence-electron chi connectivity index (χ1n) is 5.58. The third-order valence-corrected chi connectivity index (χ3v) is 2.68. The highest BCUT2D eigenvalue weighted by Gasteiger charge is 2.27. The van der Waals surface area contributed by atoms with E-state index in [0.29, 0.717) is 11.3 Å². The van der Waals surface area contributed by atoms with Crippen LogP contribution in [0.25, 0.3) is 0 Å². The number of rotatable bonds is 2. The maximum absolute atomic E-state index is 11.9. The highest BCUT2D eigenvalue weighted by molar-refractivity contribution is 5.95. The van der Waals surface area contributed by atoms with Gasteiger partial charge >= 0.3 is 0 Å². The molecule has 4 nitrogen and oxygen atoms in total. The molecule has 1 rings (SSSR count). The lowest BCUT2D eigenvalue weighted by Gasteiger charge is -2.25. The molecular formula is C13H20N2O2. The standard InChI is InChI=1S/C13H20N2O2/c1-8-7-9(5-6-10(8)16)15-12(17)11(14)13(2,3)4/h5-7,11,16H,14H2,1-4H3,(H,15,17)/t11-/m1/s1. The molecule has 0 aliphatic heterocycles. The number of aryl methyl sites for hydroxylation is 1. The maximum Gasteiger partial charge on any atom is 0.241 e. The van der Waals surface area contributed by atoms with E-state index in [1.807, 2.05) is 20.8 Å². The van der Waals surface area contributed by atoms with Crippen LogP contribution in [-0.2, 0) is 4.79 Å². The number of anilines is 1. The molecule has 94 valence electrons. The quantitative estimate of drug-likeness (QED) is 0.687. The molecule has 0 aliphatic rings. The molecule has 0 aromatic heterocycles. The van der Waals surface area contributed by atoms with Gasteiger partial charge in [0, 0.05) is 5.69 Å². The van der Waals surface area contributed by atoms with Crippen LogP contribution in [0.2, 0.25) is 0 Å². The van der Waals surface area contributed by atoms with Crippen molar-refractivity contribution in [3.05, 3.63) is 23.8 Å². The number of nitrogens with one attached hydrogen (secondary N) is 1. The Morgan fingerprint density at radius 2 is 2.00 bits per heavy atom. The van der Waals surface area contributed by atoms with E-state index >= 15 is 0 Å². The highest BCUT2D eigenvalue weighted by atomic mass is 16.3. The van der Waals surface area contributed by atoms with Crippen LogP contribution in [0.5, 0.6) is 5.75 Å². The van der Waals surface area contributed by atoms with Crippen molar-refractivity contribution in [3.8, 4) is 5.75 Å². The molecule has 0 bridgehead atoms. The van der Waals surface area contributed by atoms with E-state index in [4.69, 9.17) is 5.73 Å². The number of hydrogen-bond donors (Lipinski definition) is 3. The number of benzene rings is 1. The fourth-order valence-electron chi connectivity index (χ4n) is 1.35. The molecule has 0 unspecified atom stereocenters. The van der Waals surface area contributed by atoms with E-state index in [-0.39, 0.29) is 17.1 Å². The Balaban J connectivity index is 2.78. The molecule has 17 heavy (non-hydrogen) atoms. The maximum atomic E-state index is 11.9. The number of phenolic OH excluding ortho intramolecular Hbond substituents is 1. The van der Waals surface area contributed by atoms with Gasteiger partial charge in [-0.05, 0) is 36.1 Å². The average Bonchev–Trinajstić information content (AvgIpc) is 2.21. The number of aromatic hydroxyl groups is 1. The van der Waals surface area contributed by atoms with Crippen LogP contribution in [0.3, 0.4) is 0 Å². The van der Waals surface area contributed by atoms with Crippen LogP contribution in [0.1, 0.15) is 26.3 Å². The van der Waals surface area contributed by atoms with Crippen molar-refractivity contribution in [1.29, 1.82) is 0 Å². The highest BCUT2D eigenvalue weighted by Crippen LogP contribution is 2.22. The summed E-state index contributed by atoms with van der Waals surface area (Å²) in [4.78, 5) is 11.9. The van der Waals surface area contributed by atoms with Gasteiger partial charge < -0.3 is 16.2 Å². The lowest BCUT2D eigenvalue weighted by Crippen LogP contribution is -2.45. The van der Waals surface area contributed by atoms with Gasteiger partial charge in [0.2, 0.25) is 5.91 Å². The van der Waals surface area contributed by atoms with Crippen LogP contribution < -0.4 is 11.1 Å². The van der Waals surface area contributed by atoms with Crippen LogP contribution in [-0.4, -0.2) is 17.1 Å². The summed E-state index contributed by atoms with van der Waals surface area (Å²) in [5.74, 6) is -0.00860. The Hall–Kier alpha value is -1.55. The van der Waals surface area contributed by atoms with Gasteiger partial charge in [-0.1, -0.05) is 20.8 Å². The molecular weight excluding hydrogens is 216 g/mol. The van der Waals surface area contributed by atoms with Crippen LogP contribution >= 0.6 is 0 Å². The minimum absolute atomic E-state index is 0.211. The Morgan fingerprint density at radius 1 is 1.41 bits per heavy atom. The molecule has 0 aliphatic carbocycles. The van der Waals surface area contributed by atoms with Gasteiger partial charge in [-0.3, -0.25) is 4.79 Å². The minimum Gasteiger partial charge on any atom is -0.508 e. The molecule has 0 saturated carbocycles. The Morgan fingerprint density at radius 3 is 2.47 bits per heavy atom. The van der Waals surface area contributed by atoms with Crippen molar-refractivity contribution < 1.29 is 9.90 Å². The summed E-state index contributed by atoms with van der Waals surface area (Å²) in [6, 6.07) is 4.34. The molecule has 1 amide bonds. The first kappa shape index (κ1) is 13.5. The summed E-state index contributed by atoms with van der Waals surface area (Å²) in [7, 11) is 0. The van der Waals surface area contributed by atoms with Crippen LogP contribution in [0.4, 0.5) is 5.69 Å². The summed E-state index contributed by atoms with van der Waals surface area (Å²) in [5.41, 5.74) is 6.93.